The molecule has 0 aromatic heterocycles. The lowest BCUT2D eigenvalue weighted by molar-refractivity contribution is -0.137. The molecule has 0 saturated heterocycles. The van der Waals surface area contributed by atoms with Crippen molar-refractivity contribution in [3.8, 4) is 0 Å². The van der Waals surface area contributed by atoms with E-state index >= 15 is 0 Å². The highest BCUT2D eigenvalue weighted by molar-refractivity contribution is 5.79. The molecule has 0 bridgehead atoms. The second-order valence-electron chi connectivity index (χ2n) is 6.09. The van der Waals surface area contributed by atoms with E-state index in [2.05, 4.69) is 13.8 Å². The summed E-state index contributed by atoms with van der Waals surface area (Å²) in [6.45, 7) is 6.68. The predicted octanol–water partition coefficient (Wildman–Crippen LogP) is 1.23. The lowest BCUT2D eigenvalue weighted by Gasteiger charge is -2.37. The monoisotopic (exact) mass is 256 g/mol. The highest BCUT2D eigenvalue weighted by Gasteiger charge is 2.36. The highest BCUT2D eigenvalue weighted by Crippen LogP contribution is 2.33. The van der Waals surface area contributed by atoms with Gasteiger partial charge in [-0.25, -0.2) is 0 Å². The molecule has 0 aromatic rings. The Morgan fingerprint density at radius 2 is 2.00 bits per heavy atom. The summed E-state index contributed by atoms with van der Waals surface area (Å²) < 4.78 is 0. The molecule has 0 aromatic carbocycles. The third-order valence-electron chi connectivity index (χ3n) is 4.26. The van der Waals surface area contributed by atoms with Crippen molar-refractivity contribution in [3.05, 3.63) is 0 Å². The largest absolute Gasteiger partial charge is 0.393 e. The van der Waals surface area contributed by atoms with Crippen molar-refractivity contribution in [2.45, 2.75) is 52.2 Å². The Hall–Kier alpha value is -0.610. The van der Waals surface area contributed by atoms with Crippen LogP contribution in [0.1, 0.15) is 40.0 Å². The van der Waals surface area contributed by atoms with Crippen LogP contribution in [0.4, 0.5) is 0 Å². The van der Waals surface area contributed by atoms with E-state index in [0.717, 1.165) is 12.8 Å². The number of carbonyl (C=O) groups excluding carboxylic acids is 1. The van der Waals surface area contributed by atoms with Gasteiger partial charge in [0.2, 0.25) is 5.91 Å². The number of aliphatic hydroxyl groups is 1. The van der Waals surface area contributed by atoms with Crippen LogP contribution in [0.3, 0.4) is 0 Å². The van der Waals surface area contributed by atoms with Crippen LogP contribution in [-0.2, 0) is 4.79 Å². The number of carbonyl (C=O) groups is 1. The molecule has 0 heterocycles. The van der Waals surface area contributed by atoms with Gasteiger partial charge < -0.3 is 15.7 Å². The minimum atomic E-state index is -0.355. The van der Waals surface area contributed by atoms with E-state index in [1.807, 2.05) is 7.05 Å². The Balaban J connectivity index is 2.54. The predicted molar refractivity (Wildman–Crippen MR) is 73.0 cm³/mol. The Morgan fingerprint density at radius 3 is 2.56 bits per heavy atom. The molecule has 1 saturated carbocycles. The fraction of sp³-hybridized carbons (Fsp3) is 0.929. The third kappa shape index (κ3) is 3.95. The van der Waals surface area contributed by atoms with Gasteiger partial charge in [0, 0.05) is 25.6 Å². The van der Waals surface area contributed by atoms with Crippen molar-refractivity contribution >= 4 is 5.91 Å². The van der Waals surface area contributed by atoms with Crippen molar-refractivity contribution in [2.75, 3.05) is 13.6 Å². The first-order valence-electron chi connectivity index (χ1n) is 7.01. The fourth-order valence-corrected chi connectivity index (χ4v) is 2.80. The maximum Gasteiger partial charge on any atom is 0.225 e. The maximum atomic E-state index is 12.4. The first-order valence-corrected chi connectivity index (χ1v) is 7.01. The Kier molecular flexibility index (Phi) is 5.60. The van der Waals surface area contributed by atoms with Gasteiger partial charge in [0.25, 0.3) is 0 Å². The number of hydrogen-bond acceptors (Lipinski definition) is 3. The molecule has 3 N–H and O–H groups in total. The molecule has 0 radical (unpaired) electrons. The minimum Gasteiger partial charge on any atom is -0.393 e. The number of nitrogens with zero attached hydrogens (tertiary/aromatic N) is 1. The molecule has 106 valence electrons. The van der Waals surface area contributed by atoms with Crippen LogP contribution in [0.5, 0.6) is 0 Å². The lowest BCUT2D eigenvalue weighted by Crippen LogP contribution is -2.46. The van der Waals surface area contributed by atoms with Crippen molar-refractivity contribution < 1.29 is 9.90 Å². The van der Waals surface area contributed by atoms with E-state index in [1.54, 1.807) is 11.8 Å². The SMILES string of the molecule is CC(O)CCN(C)C(=O)C1CC(N)C(C)CC1C. The Morgan fingerprint density at radius 1 is 1.39 bits per heavy atom. The van der Waals surface area contributed by atoms with Gasteiger partial charge >= 0.3 is 0 Å². The van der Waals surface area contributed by atoms with E-state index in [1.165, 1.54) is 0 Å². The van der Waals surface area contributed by atoms with E-state index in [-0.39, 0.29) is 24.0 Å². The summed E-state index contributed by atoms with van der Waals surface area (Å²) in [6.07, 6.45) is 2.10. The summed E-state index contributed by atoms with van der Waals surface area (Å²) in [7, 11) is 1.82. The molecule has 1 rings (SSSR count). The number of rotatable bonds is 4. The summed E-state index contributed by atoms with van der Waals surface area (Å²) in [4.78, 5) is 14.1. The quantitative estimate of drug-likeness (QED) is 0.795. The van der Waals surface area contributed by atoms with Crippen LogP contribution in [0, 0.1) is 17.8 Å². The van der Waals surface area contributed by atoms with E-state index in [0.29, 0.717) is 24.8 Å². The smallest absolute Gasteiger partial charge is 0.225 e. The lowest BCUT2D eigenvalue weighted by atomic mass is 9.72. The zero-order valence-corrected chi connectivity index (χ0v) is 12.1. The van der Waals surface area contributed by atoms with Gasteiger partial charge in [-0.1, -0.05) is 13.8 Å². The van der Waals surface area contributed by atoms with E-state index in [9.17, 15) is 9.90 Å². The molecule has 18 heavy (non-hydrogen) atoms. The molecule has 5 atom stereocenters. The van der Waals surface area contributed by atoms with Crippen LogP contribution in [-0.4, -0.2) is 41.7 Å². The molecule has 1 aliphatic carbocycles. The van der Waals surface area contributed by atoms with Crippen LogP contribution >= 0.6 is 0 Å². The van der Waals surface area contributed by atoms with Crippen molar-refractivity contribution in [3.63, 3.8) is 0 Å². The molecule has 1 fully saturated rings. The number of amides is 1. The van der Waals surface area contributed by atoms with E-state index in [4.69, 9.17) is 5.73 Å². The summed E-state index contributed by atoms with van der Waals surface area (Å²) in [5.41, 5.74) is 6.08. The normalized spacial score (nSPS) is 34.1. The maximum absolute atomic E-state index is 12.4. The second kappa shape index (κ2) is 6.53. The molecule has 4 heteroatoms. The third-order valence-corrected chi connectivity index (χ3v) is 4.26. The zero-order valence-electron chi connectivity index (χ0n) is 12.1. The first kappa shape index (κ1) is 15.4. The van der Waals surface area contributed by atoms with Gasteiger partial charge in [-0.2, -0.15) is 0 Å². The van der Waals surface area contributed by atoms with Gasteiger partial charge in [-0.3, -0.25) is 4.79 Å². The summed E-state index contributed by atoms with van der Waals surface area (Å²) >= 11 is 0. The summed E-state index contributed by atoms with van der Waals surface area (Å²) in [5.74, 6) is 1.15. The van der Waals surface area contributed by atoms with Crippen molar-refractivity contribution in [2.24, 2.45) is 23.5 Å². The Bertz CT molecular complexity index is 281. The molecule has 4 nitrogen and oxygen atoms in total. The van der Waals surface area contributed by atoms with Gasteiger partial charge in [0.05, 0.1) is 6.10 Å². The topological polar surface area (TPSA) is 66.6 Å². The van der Waals surface area contributed by atoms with Crippen LogP contribution in [0.25, 0.3) is 0 Å². The number of aliphatic hydroxyl groups excluding tert-OH is 1. The van der Waals surface area contributed by atoms with Gasteiger partial charge in [0.1, 0.15) is 0 Å². The zero-order chi connectivity index (χ0) is 13.9. The van der Waals surface area contributed by atoms with Crippen LogP contribution in [0.15, 0.2) is 0 Å². The Labute approximate surface area is 111 Å². The van der Waals surface area contributed by atoms with Crippen molar-refractivity contribution in [1.82, 2.24) is 4.90 Å². The molecule has 5 unspecified atom stereocenters. The molecule has 0 spiro atoms. The van der Waals surface area contributed by atoms with Gasteiger partial charge in [-0.05, 0) is 38.0 Å². The van der Waals surface area contributed by atoms with Gasteiger partial charge in [0.15, 0.2) is 0 Å². The highest BCUT2D eigenvalue weighted by atomic mass is 16.3. The number of nitrogens with two attached hydrogens (primary N) is 1. The molecular formula is C14H28N2O2. The molecule has 0 aliphatic heterocycles. The van der Waals surface area contributed by atoms with Crippen molar-refractivity contribution in [1.29, 1.82) is 0 Å². The average Bonchev–Trinajstić information content (AvgIpc) is 2.29. The van der Waals surface area contributed by atoms with Gasteiger partial charge in [-0.15, -0.1) is 0 Å². The van der Waals surface area contributed by atoms with E-state index < -0.39 is 0 Å². The molecule has 1 amide bonds. The fourth-order valence-electron chi connectivity index (χ4n) is 2.80. The summed E-state index contributed by atoms with van der Waals surface area (Å²) in [5, 5.41) is 9.26. The first-order chi connectivity index (χ1) is 8.32. The summed E-state index contributed by atoms with van der Waals surface area (Å²) in [6, 6.07) is 0.139. The standard InChI is InChI=1S/C14H28N2O2/c1-9-7-10(2)13(15)8-12(9)14(18)16(4)6-5-11(3)17/h9-13,17H,5-8,15H2,1-4H3. The van der Waals surface area contributed by atoms with Crippen LogP contribution < -0.4 is 5.73 Å². The molecular weight excluding hydrogens is 228 g/mol. The van der Waals surface area contributed by atoms with Crippen LogP contribution in [0.2, 0.25) is 0 Å². The minimum absolute atomic E-state index is 0.0511. The number of hydrogen-bond donors (Lipinski definition) is 2. The second-order valence-corrected chi connectivity index (χ2v) is 6.09. The average molecular weight is 256 g/mol. The molecule has 1 aliphatic rings.